The molecular formula is C17H16ClN5O. The Labute approximate surface area is 144 Å². The van der Waals surface area contributed by atoms with E-state index >= 15 is 0 Å². The maximum atomic E-state index is 6.08. The summed E-state index contributed by atoms with van der Waals surface area (Å²) in [5.41, 5.74) is 14.1. The fourth-order valence-corrected chi connectivity index (χ4v) is 2.12. The van der Waals surface area contributed by atoms with E-state index in [-0.39, 0.29) is 5.88 Å². The number of hydrogen-bond acceptors (Lipinski definition) is 6. The SMILES string of the molecule is Cc1cc(Oc2ncnc(NNc3ccccc3)c2N)ccc1Cl. The van der Waals surface area contributed by atoms with Crippen LogP contribution in [0, 0.1) is 6.92 Å². The van der Waals surface area contributed by atoms with Crippen LogP contribution in [0.4, 0.5) is 17.2 Å². The monoisotopic (exact) mass is 341 g/mol. The van der Waals surface area contributed by atoms with Crippen LogP contribution >= 0.6 is 11.6 Å². The predicted molar refractivity (Wildman–Crippen MR) is 96.4 cm³/mol. The summed E-state index contributed by atoms with van der Waals surface area (Å²) in [6, 6.07) is 14.9. The van der Waals surface area contributed by atoms with Crippen LogP contribution in [0.25, 0.3) is 0 Å². The Morgan fingerprint density at radius 2 is 1.83 bits per heavy atom. The molecule has 2 aromatic carbocycles. The first kappa shape index (κ1) is 15.9. The molecule has 0 saturated heterocycles. The van der Waals surface area contributed by atoms with Crippen molar-refractivity contribution in [2.45, 2.75) is 6.92 Å². The van der Waals surface area contributed by atoms with Gasteiger partial charge in [-0.1, -0.05) is 29.8 Å². The lowest BCUT2D eigenvalue weighted by molar-refractivity contribution is 0.464. The van der Waals surface area contributed by atoms with Crippen LogP contribution in [0.15, 0.2) is 54.9 Å². The highest BCUT2D eigenvalue weighted by Gasteiger charge is 2.10. The lowest BCUT2D eigenvalue weighted by Crippen LogP contribution is -2.12. The van der Waals surface area contributed by atoms with Crippen molar-refractivity contribution in [2.75, 3.05) is 16.6 Å². The molecule has 0 radical (unpaired) electrons. The highest BCUT2D eigenvalue weighted by Crippen LogP contribution is 2.30. The molecule has 0 saturated carbocycles. The van der Waals surface area contributed by atoms with E-state index in [1.54, 1.807) is 12.1 Å². The Hall–Kier alpha value is -2.99. The minimum absolute atomic E-state index is 0.268. The molecule has 1 heterocycles. The van der Waals surface area contributed by atoms with E-state index in [9.17, 15) is 0 Å². The first-order valence-corrected chi connectivity index (χ1v) is 7.63. The van der Waals surface area contributed by atoms with E-state index in [2.05, 4.69) is 20.8 Å². The Kier molecular flexibility index (Phi) is 4.67. The number of nitrogen functional groups attached to an aromatic ring is 1. The Bertz CT molecular complexity index is 842. The fraction of sp³-hybridized carbons (Fsp3) is 0.0588. The van der Waals surface area contributed by atoms with Crippen LogP contribution in [-0.2, 0) is 0 Å². The molecule has 24 heavy (non-hydrogen) atoms. The summed E-state index contributed by atoms with van der Waals surface area (Å²) in [6.07, 6.45) is 1.38. The standard InChI is InChI=1S/C17H16ClN5O/c1-11-9-13(7-8-14(11)18)24-17-15(19)16(20-10-21-17)23-22-12-5-3-2-4-6-12/h2-10,22H,19H2,1H3,(H,20,21,23). The fourth-order valence-electron chi connectivity index (χ4n) is 2.01. The number of ether oxygens (including phenoxy) is 1. The summed E-state index contributed by atoms with van der Waals surface area (Å²) in [7, 11) is 0. The number of anilines is 3. The van der Waals surface area contributed by atoms with Crippen LogP contribution in [-0.4, -0.2) is 9.97 Å². The number of aryl methyl sites for hydroxylation is 1. The van der Waals surface area contributed by atoms with Crippen LogP contribution in [0.3, 0.4) is 0 Å². The van der Waals surface area contributed by atoms with Gasteiger partial charge in [0.2, 0.25) is 5.88 Å². The van der Waals surface area contributed by atoms with Gasteiger partial charge in [-0.3, -0.25) is 10.9 Å². The van der Waals surface area contributed by atoms with E-state index in [1.165, 1.54) is 6.33 Å². The minimum atomic E-state index is 0.268. The molecule has 0 aliphatic heterocycles. The summed E-state index contributed by atoms with van der Waals surface area (Å²) in [5, 5.41) is 0.674. The summed E-state index contributed by atoms with van der Waals surface area (Å²) in [4.78, 5) is 8.20. The van der Waals surface area contributed by atoms with Gasteiger partial charge in [0.1, 0.15) is 17.8 Å². The molecule has 0 atom stereocenters. The molecule has 122 valence electrons. The molecule has 0 amide bonds. The van der Waals surface area contributed by atoms with Crippen molar-refractivity contribution in [1.82, 2.24) is 9.97 Å². The average molecular weight is 342 g/mol. The van der Waals surface area contributed by atoms with Gasteiger partial charge in [-0.05, 0) is 42.8 Å². The molecule has 0 spiro atoms. The Balaban J connectivity index is 1.76. The van der Waals surface area contributed by atoms with Gasteiger partial charge in [0.25, 0.3) is 0 Å². The molecule has 1 aromatic heterocycles. The van der Waals surface area contributed by atoms with Gasteiger partial charge in [0, 0.05) is 5.02 Å². The van der Waals surface area contributed by atoms with Crippen molar-refractivity contribution in [3.63, 3.8) is 0 Å². The second-order valence-corrected chi connectivity index (χ2v) is 5.48. The second kappa shape index (κ2) is 7.06. The number of hydrazine groups is 1. The Morgan fingerprint density at radius 1 is 1.04 bits per heavy atom. The predicted octanol–water partition coefficient (Wildman–Crippen LogP) is 4.25. The number of nitrogens with one attached hydrogen (secondary N) is 2. The van der Waals surface area contributed by atoms with Gasteiger partial charge in [0.15, 0.2) is 5.82 Å². The van der Waals surface area contributed by atoms with Crippen molar-refractivity contribution in [1.29, 1.82) is 0 Å². The third-order valence-electron chi connectivity index (χ3n) is 3.29. The van der Waals surface area contributed by atoms with Crippen molar-refractivity contribution in [2.24, 2.45) is 0 Å². The largest absolute Gasteiger partial charge is 0.437 e. The lowest BCUT2D eigenvalue weighted by atomic mass is 10.2. The number of aromatic nitrogens is 2. The maximum Gasteiger partial charge on any atom is 0.248 e. The van der Waals surface area contributed by atoms with E-state index in [4.69, 9.17) is 22.1 Å². The third kappa shape index (κ3) is 3.67. The zero-order valence-corrected chi connectivity index (χ0v) is 13.7. The topological polar surface area (TPSA) is 85.1 Å². The van der Waals surface area contributed by atoms with Gasteiger partial charge in [-0.2, -0.15) is 4.98 Å². The molecule has 0 unspecified atom stereocenters. The van der Waals surface area contributed by atoms with Gasteiger partial charge < -0.3 is 10.5 Å². The van der Waals surface area contributed by atoms with Crippen LogP contribution in [0.5, 0.6) is 11.6 Å². The number of nitrogens with two attached hydrogens (primary N) is 1. The van der Waals surface area contributed by atoms with Crippen molar-refractivity contribution >= 4 is 28.8 Å². The summed E-state index contributed by atoms with van der Waals surface area (Å²) < 4.78 is 5.74. The van der Waals surface area contributed by atoms with Crippen molar-refractivity contribution < 1.29 is 4.74 Å². The van der Waals surface area contributed by atoms with Crippen LogP contribution in [0.1, 0.15) is 5.56 Å². The van der Waals surface area contributed by atoms with Crippen LogP contribution < -0.4 is 21.3 Å². The third-order valence-corrected chi connectivity index (χ3v) is 3.71. The van der Waals surface area contributed by atoms with Crippen molar-refractivity contribution in [3.8, 4) is 11.6 Å². The van der Waals surface area contributed by atoms with E-state index in [0.29, 0.717) is 22.3 Å². The number of nitrogens with zero attached hydrogens (tertiary/aromatic N) is 2. The highest BCUT2D eigenvalue weighted by atomic mass is 35.5. The number of halogens is 1. The molecule has 7 heteroatoms. The minimum Gasteiger partial charge on any atom is -0.437 e. The maximum absolute atomic E-state index is 6.08. The normalized spacial score (nSPS) is 10.2. The van der Waals surface area contributed by atoms with E-state index < -0.39 is 0 Å². The average Bonchev–Trinajstić information content (AvgIpc) is 2.60. The second-order valence-electron chi connectivity index (χ2n) is 5.07. The lowest BCUT2D eigenvalue weighted by Gasteiger charge is -2.13. The van der Waals surface area contributed by atoms with E-state index in [0.717, 1.165) is 11.3 Å². The van der Waals surface area contributed by atoms with Gasteiger partial charge >= 0.3 is 0 Å². The summed E-state index contributed by atoms with van der Waals surface area (Å²) in [6.45, 7) is 1.90. The number of para-hydroxylation sites is 1. The highest BCUT2D eigenvalue weighted by molar-refractivity contribution is 6.31. The van der Waals surface area contributed by atoms with Gasteiger partial charge in [-0.25, -0.2) is 4.98 Å². The molecule has 0 aliphatic rings. The van der Waals surface area contributed by atoms with Gasteiger partial charge in [-0.15, -0.1) is 0 Å². The molecule has 0 aliphatic carbocycles. The summed E-state index contributed by atoms with van der Waals surface area (Å²) >= 11 is 6.02. The van der Waals surface area contributed by atoms with E-state index in [1.807, 2.05) is 43.3 Å². The first-order chi connectivity index (χ1) is 11.6. The molecule has 3 aromatic rings. The van der Waals surface area contributed by atoms with Crippen molar-refractivity contribution in [3.05, 3.63) is 65.4 Å². The van der Waals surface area contributed by atoms with Crippen LogP contribution in [0.2, 0.25) is 5.02 Å². The molecule has 0 fully saturated rings. The zero-order valence-electron chi connectivity index (χ0n) is 13.0. The molecule has 4 N–H and O–H groups in total. The Morgan fingerprint density at radius 3 is 2.58 bits per heavy atom. The first-order valence-electron chi connectivity index (χ1n) is 7.25. The molecule has 6 nitrogen and oxygen atoms in total. The van der Waals surface area contributed by atoms with Gasteiger partial charge in [0.05, 0.1) is 5.69 Å². The number of hydrogen-bond donors (Lipinski definition) is 3. The molecule has 0 bridgehead atoms. The molecule has 3 rings (SSSR count). The smallest absolute Gasteiger partial charge is 0.248 e. The molecular weight excluding hydrogens is 326 g/mol. The summed E-state index contributed by atoms with van der Waals surface area (Å²) in [5.74, 6) is 1.29. The zero-order chi connectivity index (χ0) is 16.9. The number of rotatable bonds is 5. The quantitative estimate of drug-likeness (QED) is 0.601. The number of benzene rings is 2.